The van der Waals surface area contributed by atoms with Gasteiger partial charge in [-0.1, -0.05) is 24.9 Å². The van der Waals surface area contributed by atoms with E-state index in [1.807, 2.05) is 0 Å². The molecule has 0 radical (unpaired) electrons. The standard InChI is InChI=1S/C13H15ClF3N/c1-8-3-2-4-11(8)18-12-7-9(13(15,16)17)5-6-10(12)14/h5-8,11,18H,2-4H2,1H3. The maximum Gasteiger partial charge on any atom is 0.416 e. The molecule has 2 unspecified atom stereocenters. The van der Waals surface area contributed by atoms with Crippen molar-refractivity contribution < 1.29 is 13.2 Å². The smallest absolute Gasteiger partial charge is 0.381 e. The number of benzene rings is 1. The Labute approximate surface area is 109 Å². The Kier molecular flexibility index (Phi) is 3.76. The SMILES string of the molecule is CC1CCCC1Nc1cc(C(F)(F)F)ccc1Cl. The summed E-state index contributed by atoms with van der Waals surface area (Å²) in [6.07, 6.45) is -1.14. The Morgan fingerprint density at radius 1 is 1.28 bits per heavy atom. The predicted molar refractivity (Wildman–Crippen MR) is 66.9 cm³/mol. The number of anilines is 1. The monoisotopic (exact) mass is 277 g/mol. The van der Waals surface area contributed by atoms with Crippen molar-refractivity contribution in [2.24, 2.45) is 5.92 Å². The molecule has 1 aliphatic carbocycles. The van der Waals surface area contributed by atoms with E-state index >= 15 is 0 Å². The van der Waals surface area contributed by atoms with Crippen molar-refractivity contribution in [3.63, 3.8) is 0 Å². The lowest BCUT2D eigenvalue weighted by atomic mass is 10.1. The van der Waals surface area contributed by atoms with E-state index in [1.54, 1.807) is 0 Å². The minimum Gasteiger partial charge on any atom is -0.381 e. The van der Waals surface area contributed by atoms with Gasteiger partial charge >= 0.3 is 6.18 Å². The molecule has 2 rings (SSSR count). The summed E-state index contributed by atoms with van der Waals surface area (Å²) in [4.78, 5) is 0. The molecule has 0 bridgehead atoms. The Bertz CT molecular complexity index is 431. The Balaban J connectivity index is 2.21. The van der Waals surface area contributed by atoms with Crippen LogP contribution in [0, 0.1) is 5.92 Å². The largest absolute Gasteiger partial charge is 0.416 e. The second-order valence-electron chi connectivity index (χ2n) is 4.85. The van der Waals surface area contributed by atoms with Crippen LogP contribution in [0.5, 0.6) is 0 Å². The van der Waals surface area contributed by atoms with Crippen LogP contribution in [0.1, 0.15) is 31.7 Å². The maximum atomic E-state index is 12.6. The molecule has 0 saturated heterocycles. The lowest BCUT2D eigenvalue weighted by molar-refractivity contribution is -0.137. The zero-order valence-corrected chi connectivity index (χ0v) is 10.8. The molecule has 2 atom stereocenters. The van der Waals surface area contributed by atoms with Gasteiger partial charge in [-0.3, -0.25) is 0 Å². The molecule has 0 aliphatic heterocycles. The van der Waals surface area contributed by atoms with E-state index in [0.717, 1.165) is 31.4 Å². The highest BCUT2D eigenvalue weighted by Gasteiger charge is 2.31. The molecule has 1 saturated carbocycles. The first-order valence-electron chi connectivity index (χ1n) is 6.01. The lowest BCUT2D eigenvalue weighted by Gasteiger charge is -2.20. The van der Waals surface area contributed by atoms with Gasteiger partial charge in [-0.05, 0) is 37.0 Å². The normalized spacial score (nSPS) is 24.3. The van der Waals surface area contributed by atoms with E-state index < -0.39 is 11.7 Å². The molecule has 0 heterocycles. The number of alkyl halides is 3. The van der Waals surface area contributed by atoms with E-state index in [4.69, 9.17) is 11.6 Å². The van der Waals surface area contributed by atoms with Gasteiger partial charge in [-0.15, -0.1) is 0 Å². The summed E-state index contributed by atoms with van der Waals surface area (Å²) in [6, 6.07) is 3.61. The average molecular weight is 278 g/mol. The van der Waals surface area contributed by atoms with Gasteiger partial charge in [0.05, 0.1) is 16.3 Å². The van der Waals surface area contributed by atoms with Gasteiger partial charge < -0.3 is 5.32 Å². The molecule has 1 fully saturated rings. The van der Waals surface area contributed by atoms with Gasteiger partial charge in [-0.25, -0.2) is 0 Å². The molecule has 1 aromatic carbocycles. The highest BCUT2D eigenvalue weighted by molar-refractivity contribution is 6.33. The zero-order chi connectivity index (χ0) is 13.3. The van der Waals surface area contributed by atoms with E-state index in [1.165, 1.54) is 6.07 Å². The van der Waals surface area contributed by atoms with Crippen LogP contribution in [0.2, 0.25) is 5.02 Å². The first-order chi connectivity index (χ1) is 8.38. The highest BCUT2D eigenvalue weighted by atomic mass is 35.5. The Morgan fingerprint density at radius 2 is 2.00 bits per heavy atom. The molecular formula is C13H15ClF3N. The molecule has 100 valence electrons. The van der Waals surface area contributed by atoms with Gasteiger partial charge in [0.25, 0.3) is 0 Å². The van der Waals surface area contributed by atoms with Gasteiger partial charge in [-0.2, -0.15) is 13.2 Å². The van der Waals surface area contributed by atoms with Crippen molar-refractivity contribution >= 4 is 17.3 Å². The molecule has 0 aromatic heterocycles. The number of hydrogen-bond acceptors (Lipinski definition) is 1. The van der Waals surface area contributed by atoms with E-state index in [-0.39, 0.29) is 6.04 Å². The van der Waals surface area contributed by atoms with Crippen molar-refractivity contribution in [1.29, 1.82) is 0 Å². The minimum atomic E-state index is -4.33. The van der Waals surface area contributed by atoms with Gasteiger partial charge in [0.2, 0.25) is 0 Å². The summed E-state index contributed by atoms with van der Waals surface area (Å²) >= 11 is 5.94. The molecule has 18 heavy (non-hydrogen) atoms. The summed E-state index contributed by atoms with van der Waals surface area (Å²) in [5, 5.41) is 3.47. The first-order valence-corrected chi connectivity index (χ1v) is 6.39. The first kappa shape index (κ1) is 13.5. The van der Waals surface area contributed by atoms with Crippen LogP contribution in [-0.4, -0.2) is 6.04 Å². The van der Waals surface area contributed by atoms with E-state index in [9.17, 15) is 13.2 Å². The van der Waals surface area contributed by atoms with Crippen molar-refractivity contribution in [3.8, 4) is 0 Å². The van der Waals surface area contributed by atoms with Gasteiger partial charge in [0.1, 0.15) is 0 Å². The summed E-state index contributed by atoms with van der Waals surface area (Å²) in [7, 11) is 0. The third-order valence-corrected chi connectivity index (χ3v) is 3.83. The average Bonchev–Trinajstić information content (AvgIpc) is 2.66. The number of rotatable bonds is 2. The number of halogens is 4. The van der Waals surface area contributed by atoms with Crippen molar-refractivity contribution in [2.75, 3.05) is 5.32 Å². The van der Waals surface area contributed by atoms with Crippen LogP contribution >= 0.6 is 11.6 Å². The van der Waals surface area contributed by atoms with Crippen LogP contribution in [0.3, 0.4) is 0 Å². The number of hydrogen-bond donors (Lipinski definition) is 1. The van der Waals surface area contributed by atoms with Crippen molar-refractivity contribution in [1.82, 2.24) is 0 Å². The maximum absolute atomic E-state index is 12.6. The zero-order valence-electron chi connectivity index (χ0n) is 10.0. The molecular weight excluding hydrogens is 263 g/mol. The summed E-state index contributed by atoms with van der Waals surface area (Å²) < 4.78 is 37.9. The van der Waals surface area contributed by atoms with Crippen LogP contribution in [0.4, 0.5) is 18.9 Å². The minimum absolute atomic E-state index is 0.214. The summed E-state index contributed by atoms with van der Waals surface area (Å²) in [5.74, 6) is 0.468. The van der Waals surface area contributed by atoms with Crippen LogP contribution in [-0.2, 0) is 6.18 Å². The summed E-state index contributed by atoms with van der Waals surface area (Å²) in [5.41, 5.74) is -0.287. The van der Waals surface area contributed by atoms with E-state index in [2.05, 4.69) is 12.2 Å². The fraction of sp³-hybridized carbons (Fsp3) is 0.538. The topological polar surface area (TPSA) is 12.0 Å². The molecule has 0 amide bonds. The molecule has 1 aromatic rings. The third-order valence-electron chi connectivity index (χ3n) is 3.50. The van der Waals surface area contributed by atoms with Crippen molar-refractivity contribution in [3.05, 3.63) is 28.8 Å². The van der Waals surface area contributed by atoms with E-state index in [0.29, 0.717) is 16.6 Å². The van der Waals surface area contributed by atoms with Gasteiger partial charge in [0.15, 0.2) is 0 Å². The highest BCUT2D eigenvalue weighted by Crippen LogP contribution is 2.36. The predicted octanol–water partition coefficient (Wildman–Crippen LogP) is 4.96. The lowest BCUT2D eigenvalue weighted by Crippen LogP contribution is -2.22. The quantitative estimate of drug-likeness (QED) is 0.806. The van der Waals surface area contributed by atoms with Crippen LogP contribution in [0.25, 0.3) is 0 Å². The molecule has 1 N–H and O–H groups in total. The molecule has 1 nitrogen and oxygen atoms in total. The van der Waals surface area contributed by atoms with Crippen molar-refractivity contribution in [2.45, 2.75) is 38.4 Å². The van der Waals surface area contributed by atoms with Gasteiger partial charge in [0, 0.05) is 6.04 Å². The number of nitrogens with one attached hydrogen (secondary N) is 1. The van der Waals surface area contributed by atoms with Crippen LogP contribution in [0.15, 0.2) is 18.2 Å². The fourth-order valence-electron chi connectivity index (χ4n) is 2.37. The second kappa shape index (κ2) is 5.00. The fourth-order valence-corrected chi connectivity index (χ4v) is 2.54. The Morgan fingerprint density at radius 3 is 2.56 bits per heavy atom. The second-order valence-corrected chi connectivity index (χ2v) is 5.26. The van der Waals surface area contributed by atoms with Crippen LogP contribution < -0.4 is 5.32 Å². The Hall–Kier alpha value is -0.900. The summed E-state index contributed by atoms with van der Waals surface area (Å²) in [6.45, 7) is 2.10. The third kappa shape index (κ3) is 2.91. The molecule has 1 aliphatic rings. The molecule has 5 heteroatoms. The molecule has 0 spiro atoms.